The molecule has 0 saturated carbocycles. The Morgan fingerprint density at radius 2 is 1.84 bits per heavy atom. The van der Waals surface area contributed by atoms with Crippen molar-refractivity contribution in [3.63, 3.8) is 0 Å². The number of para-hydroxylation sites is 1. The van der Waals surface area contributed by atoms with Gasteiger partial charge in [-0.15, -0.1) is 0 Å². The van der Waals surface area contributed by atoms with Crippen molar-refractivity contribution in [2.45, 2.75) is 46.3 Å². The zero-order chi connectivity index (χ0) is 14.6. The first kappa shape index (κ1) is 15.5. The largest absolute Gasteiger partial charge is 0.444 e. The number of nitrogens with one attached hydrogen (secondary N) is 1. The Bertz CT molecular complexity index is 435. The molecule has 4 nitrogen and oxygen atoms in total. The van der Waals surface area contributed by atoms with Crippen molar-refractivity contribution < 1.29 is 14.6 Å². The summed E-state index contributed by atoms with van der Waals surface area (Å²) in [5.41, 5.74) is 0.733. The second-order valence-electron chi connectivity index (χ2n) is 5.90. The van der Waals surface area contributed by atoms with Gasteiger partial charge in [0.05, 0.1) is 6.10 Å². The third kappa shape index (κ3) is 4.91. The molecule has 0 bridgehead atoms. The lowest BCUT2D eigenvalue weighted by Gasteiger charge is -2.22. The lowest BCUT2D eigenvalue weighted by Crippen LogP contribution is -2.27. The number of hydrogen-bond acceptors (Lipinski definition) is 3. The molecule has 0 spiro atoms. The van der Waals surface area contributed by atoms with Crippen LogP contribution in [-0.2, 0) is 4.74 Å². The highest BCUT2D eigenvalue weighted by Crippen LogP contribution is 2.28. The average molecular weight is 265 g/mol. The smallest absolute Gasteiger partial charge is 0.412 e. The zero-order valence-corrected chi connectivity index (χ0v) is 12.2. The van der Waals surface area contributed by atoms with Crippen LogP contribution in [0.5, 0.6) is 0 Å². The van der Waals surface area contributed by atoms with E-state index in [1.165, 1.54) is 0 Å². The van der Waals surface area contributed by atoms with Crippen LogP contribution in [0.15, 0.2) is 24.3 Å². The molecule has 0 heterocycles. The van der Waals surface area contributed by atoms with Crippen LogP contribution in [0.25, 0.3) is 0 Å². The predicted molar refractivity (Wildman–Crippen MR) is 76.1 cm³/mol. The molecule has 1 aromatic rings. The lowest BCUT2D eigenvalue weighted by molar-refractivity contribution is 0.0635. The van der Waals surface area contributed by atoms with Crippen molar-refractivity contribution in [3.05, 3.63) is 29.8 Å². The first-order valence-electron chi connectivity index (χ1n) is 6.47. The van der Waals surface area contributed by atoms with Crippen LogP contribution >= 0.6 is 0 Å². The minimum Gasteiger partial charge on any atom is -0.444 e. The van der Waals surface area contributed by atoms with Crippen LogP contribution in [0, 0.1) is 5.92 Å². The van der Waals surface area contributed by atoms with Gasteiger partial charge in [0.25, 0.3) is 0 Å². The fourth-order valence-electron chi connectivity index (χ4n) is 1.64. The number of hydrogen-bond donors (Lipinski definition) is 2. The normalized spacial score (nSPS) is 13.2. The van der Waals surface area contributed by atoms with Gasteiger partial charge in [0, 0.05) is 11.3 Å². The molecule has 106 valence electrons. The number of benzene rings is 1. The Labute approximate surface area is 114 Å². The molecule has 1 amide bonds. The summed E-state index contributed by atoms with van der Waals surface area (Å²) in [6.45, 7) is 9.27. The summed E-state index contributed by atoms with van der Waals surface area (Å²) < 4.78 is 5.21. The predicted octanol–water partition coefficient (Wildman–Crippen LogP) is 3.72. The Hall–Kier alpha value is -1.55. The summed E-state index contributed by atoms with van der Waals surface area (Å²) in [5, 5.41) is 12.8. The highest BCUT2D eigenvalue weighted by molar-refractivity contribution is 5.86. The van der Waals surface area contributed by atoms with E-state index in [0.717, 1.165) is 0 Å². The number of rotatable bonds is 3. The zero-order valence-electron chi connectivity index (χ0n) is 12.2. The highest BCUT2D eigenvalue weighted by Gasteiger charge is 2.20. The Kier molecular flexibility index (Phi) is 4.95. The molecule has 0 aliphatic heterocycles. The Morgan fingerprint density at radius 3 is 2.37 bits per heavy atom. The minimum absolute atomic E-state index is 0.0709. The van der Waals surface area contributed by atoms with Crippen molar-refractivity contribution in [1.29, 1.82) is 0 Å². The van der Waals surface area contributed by atoms with Gasteiger partial charge < -0.3 is 9.84 Å². The van der Waals surface area contributed by atoms with E-state index < -0.39 is 17.8 Å². The van der Waals surface area contributed by atoms with Crippen molar-refractivity contribution in [3.8, 4) is 0 Å². The molecule has 0 saturated heterocycles. The SMILES string of the molecule is CC(C)C(O)c1ccccc1NC(=O)OC(C)(C)C. The fraction of sp³-hybridized carbons (Fsp3) is 0.533. The summed E-state index contributed by atoms with van der Waals surface area (Å²) in [6.07, 6.45) is -1.14. The van der Waals surface area contributed by atoms with Gasteiger partial charge in [-0.3, -0.25) is 5.32 Å². The van der Waals surface area contributed by atoms with E-state index in [-0.39, 0.29) is 5.92 Å². The number of carbonyl (C=O) groups excluding carboxylic acids is 1. The molecule has 1 atom stereocenters. The average Bonchev–Trinajstić information content (AvgIpc) is 2.26. The van der Waals surface area contributed by atoms with E-state index >= 15 is 0 Å². The van der Waals surface area contributed by atoms with Crippen molar-refractivity contribution in [1.82, 2.24) is 0 Å². The molecule has 0 fully saturated rings. The van der Waals surface area contributed by atoms with E-state index in [1.54, 1.807) is 32.9 Å². The van der Waals surface area contributed by atoms with Crippen LogP contribution in [-0.4, -0.2) is 16.8 Å². The van der Waals surface area contributed by atoms with Gasteiger partial charge in [0.15, 0.2) is 0 Å². The topological polar surface area (TPSA) is 58.6 Å². The van der Waals surface area contributed by atoms with Crippen LogP contribution < -0.4 is 5.32 Å². The molecular formula is C15H23NO3. The molecule has 1 unspecified atom stereocenters. The second kappa shape index (κ2) is 6.06. The quantitative estimate of drug-likeness (QED) is 0.875. The summed E-state index contributed by atoms with van der Waals surface area (Å²) in [4.78, 5) is 11.8. The molecule has 0 radical (unpaired) electrons. The van der Waals surface area contributed by atoms with E-state index in [1.807, 2.05) is 26.0 Å². The van der Waals surface area contributed by atoms with Crippen LogP contribution in [0.3, 0.4) is 0 Å². The maximum atomic E-state index is 11.8. The van der Waals surface area contributed by atoms with Crippen molar-refractivity contribution >= 4 is 11.8 Å². The third-order valence-corrected chi connectivity index (χ3v) is 2.55. The van der Waals surface area contributed by atoms with Crippen LogP contribution in [0.1, 0.15) is 46.3 Å². The standard InChI is InChI=1S/C15H23NO3/c1-10(2)13(17)11-8-6-7-9-12(11)16-14(18)19-15(3,4)5/h6-10,13,17H,1-5H3,(H,16,18). The van der Waals surface area contributed by atoms with Gasteiger partial charge in [-0.1, -0.05) is 32.0 Å². The van der Waals surface area contributed by atoms with Crippen molar-refractivity contribution in [2.75, 3.05) is 5.32 Å². The molecule has 0 aliphatic carbocycles. The van der Waals surface area contributed by atoms with Gasteiger partial charge >= 0.3 is 6.09 Å². The van der Waals surface area contributed by atoms with Crippen LogP contribution in [0.4, 0.5) is 10.5 Å². The highest BCUT2D eigenvalue weighted by atomic mass is 16.6. The third-order valence-electron chi connectivity index (χ3n) is 2.55. The molecule has 0 aliphatic rings. The molecule has 4 heteroatoms. The number of aliphatic hydroxyl groups is 1. The van der Waals surface area contributed by atoms with Gasteiger partial charge in [-0.05, 0) is 32.8 Å². The number of aliphatic hydroxyl groups excluding tert-OH is 1. The number of ether oxygens (including phenoxy) is 1. The van der Waals surface area contributed by atoms with Gasteiger partial charge in [-0.2, -0.15) is 0 Å². The second-order valence-corrected chi connectivity index (χ2v) is 5.90. The maximum Gasteiger partial charge on any atom is 0.412 e. The molecular weight excluding hydrogens is 242 g/mol. The maximum absolute atomic E-state index is 11.8. The Balaban J connectivity index is 2.87. The fourth-order valence-corrected chi connectivity index (χ4v) is 1.64. The Morgan fingerprint density at radius 1 is 1.26 bits per heavy atom. The minimum atomic E-state index is -0.619. The lowest BCUT2D eigenvalue weighted by atomic mass is 9.98. The molecule has 19 heavy (non-hydrogen) atoms. The molecule has 0 aromatic heterocycles. The number of amides is 1. The van der Waals surface area contributed by atoms with E-state index in [9.17, 15) is 9.90 Å². The van der Waals surface area contributed by atoms with Gasteiger partial charge in [0.1, 0.15) is 5.60 Å². The van der Waals surface area contributed by atoms with Crippen LogP contribution in [0.2, 0.25) is 0 Å². The summed E-state index contributed by atoms with van der Waals surface area (Å²) in [5.74, 6) is 0.0709. The molecule has 1 rings (SSSR count). The molecule has 2 N–H and O–H groups in total. The first-order valence-corrected chi connectivity index (χ1v) is 6.47. The van der Waals surface area contributed by atoms with Gasteiger partial charge in [0.2, 0.25) is 0 Å². The molecule has 1 aromatic carbocycles. The summed E-state index contributed by atoms with van der Waals surface area (Å²) >= 11 is 0. The number of carbonyl (C=O) groups is 1. The van der Waals surface area contributed by atoms with E-state index in [2.05, 4.69) is 5.32 Å². The monoisotopic (exact) mass is 265 g/mol. The first-order chi connectivity index (χ1) is 8.70. The summed E-state index contributed by atoms with van der Waals surface area (Å²) in [6, 6.07) is 7.20. The van der Waals surface area contributed by atoms with Gasteiger partial charge in [-0.25, -0.2) is 4.79 Å². The summed E-state index contributed by atoms with van der Waals surface area (Å²) in [7, 11) is 0. The van der Waals surface area contributed by atoms with E-state index in [4.69, 9.17) is 4.74 Å². The number of anilines is 1. The van der Waals surface area contributed by atoms with Crippen molar-refractivity contribution in [2.24, 2.45) is 5.92 Å². The van der Waals surface area contributed by atoms with E-state index in [0.29, 0.717) is 11.3 Å².